The zero-order valence-corrected chi connectivity index (χ0v) is 15.2. The third kappa shape index (κ3) is 3.96. The SMILES string of the molecule is CCn1c(SCC(=O)NCc2ccccc2OC)nc2ccccc21. The van der Waals surface area contributed by atoms with E-state index >= 15 is 0 Å². The number of carbonyl (C=O) groups is 1. The van der Waals surface area contributed by atoms with Gasteiger partial charge >= 0.3 is 0 Å². The molecule has 0 spiro atoms. The van der Waals surface area contributed by atoms with Crippen LogP contribution in [0.3, 0.4) is 0 Å². The molecule has 6 heteroatoms. The molecule has 1 aromatic heterocycles. The number of imidazole rings is 1. The van der Waals surface area contributed by atoms with Crippen molar-refractivity contribution in [2.24, 2.45) is 0 Å². The van der Waals surface area contributed by atoms with Gasteiger partial charge in [-0.15, -0.1) is 0 Å². The van der Waals surface area contributed by atoms with Crippen LogP contribution in [0.1, 0.15) is 12.5 Å². The van der Waals surface area contributed by atoms with Crippen LogP contribution >= 0.6 is 11.8 Å². The summed E-state index contributed by atoms with van der Waals surface area (Å²) in [4.78, 5) is 16.8. The molecular formula is C19H21N3O2S. The molecule has 0 bridgehead atoms. The average Bonchev–Trinajstić information content (AvgIpc) is 3.02. The minimum atomic E-state index is -0.0226. The van der Waals surface area contributed by atoms with Gasteiger partial charge in [0.2, 0.25) is 5.91 Å². The summed E-state index contributed by atoms with van der Waals surface area (Å²) >= 11 is 1.46. The number of aromatic nitrogens is 2. The zero-order valence-electron chi connectivity index (χ0n) is 14.4. The molecule has 1 N–H and O–H groups in total. The maximum atomic E-state index is 12.2. The molecule has 1 amide bonds. The Morgan fingerprint density at radius 1 is 1.20 bits per heavy atom. The van der Waals surface area contributed by atoms with E-state index in [1.807, 2.05) is 42.5 Å². The second-order valence-electron chi connectivity index (χ2n) is 5.50. The molecule has 3 rings (SSSR count). The van der Waals surface area contributed by atoms with Crippen LogP contribution in [0.4, 0.5) is 0 Å². The third-order valence-corrected chi connectivity index (χ3v) is 4.91. The highest BCUT2D eigenvalue weighted by Gasteiger charge is 2.12. The van der Waals surface area contributed by atoms with Gasteiger partial charge < -0.3 is 14.6 Å². The Kier molecular flexibility index (Phi) is 5.60. The summed E-state index contributed by atoms with van der Waals surface area (Å²) in [6, 6.07) is 15.7. The number of aryl methyl sites for hydroxylation is 1. The van der Waals surface area contributed by atoms with E-state index in [-0.39, 0.29) is 5.91 Å². The molecule has 130 valence electrons. The second-order valence-corrected chi connectivity index (χ2v) is 6.45. The number of methoxy groups -OCH3 is 1. The number of benzene rings is 2. The number of hydrogen-bond donors (Lipinski definition) is 1. The highest BCUT2D eigenvalue weighted by Crippen LogP contribution is 2.24. The number of nitrogens with one attached hydrogen (secondary N) is 1. The molecule has 0 fully saturated rings. The van der Waals surface area contributed by atoms with Crippen LogP contribution < -0.4 is 10.1 Å². The van der Waals surface area contributed by atoms with Gasteiger partial charge in [-0.05, 0) is 25.1 Å². The van der Waals surface area contributed by atoms with Crippen LogP contribution in [0.2, 0.25) is 0 Å². The fourth-order valence-corrected chi connectivity index (χ4v) is 3.60. The molecule has 0 saturated heterocycles. The Balaban J connectivity index is 1.61. The van der Waals surface area contributed by atoms with Crippen LogP contribution in [-0.2, 0) is 17.9 Å². The summed E-state index contributed by atoms with van der Waals surface area (Å²) in [5.74, 6) is 1.09. The lowest BCUT2D eigenvalue weighted by molar-refractivity contribution is -0.118. The van der Waals surface area contributed by atoms with Gasteiger partial charge in [0.05, 0.1) is 23.9 Å². The first-order valence-corrected chi connectivity index (χ1v) is 9.18. The number of thioether (sulfide) groups is 1. The number of ether oxygens (including phenoxy) is 1. The predicted octanol–water partition coefficient (Wildman–Crippen LogP) is 3.47. The van der Waals surface area contributed by atoms with Crippen molar-refractivity contribution in [3.05, 3.63) is 54.1 Å². The van der Waals surface area contributed by atoms with Crippen LogP contribution in [-0.4, -0.2) is 28.3 Å². The number of carbonyl (C=O) groups excluding carboxylic acids is 1. The molecule has 2 aromatic carbocycles. The zero-order chi connectivity index (χ0) is 17.6. The molecule has 0 atom stereocenters. The van der Waals surface area contributed by atoms with Gasteiger partial charge in [-0.2, -0.15) is 0 Å². The Morgan fingerprint density at radius 3 is 2.76 bits per heavy atom. The third-order valence-electron chi connectivity index (χ3n) is 3.94. The van der Waals surface area contributed by atoms with Crippen molar-refractivity contribution in [3.8, 4) is 5.75 Å². The first-order valence-electron chi connectivity index (χ1n) is 8.19. The van der Waals surface area contributed by atoms with Gasteiger partial charge in [-0.3, -0.25) is 4.79 Å². The fraction of sp³-hybridized carbons (Fsp3) is 0.263. The number of fused-ring (bicyclic) bond motifs is 1. The maximum Gasteiger partial charge on any atom is 0.230 e. The Labute approximate surface area is 151 Å². The summed E-state index contributed by atoms with van der Waals surface area (Å²) in [5.41, 5.74) is 3.02. The van der Waals surface area contributed by atoms with Crippen molar-refractivity contribution in [2.45, 2.75) is 25.2 Å². The quantitative estimate of drug-likeness (QED) is 0.659. The number of rotatable bonds is 7. The highest BCUT2D eigenvalue weighted by molar-refractivity contribution is 7.99. The summed E-state index contributed by atoms with van der Waals surface area (Å²) < 4.78 is 7.43. The van der Waals surface area contributed by atoms with Crippen molar-refractivity contribution in [1.29, 1.82) is 0 Å². The maximum absolute atomic E-state index is 12.2. The number of hydrogen-bond acceptors (Lipinski definition) is 4. The van der Waals surface area contributed by atoms with E-state index < -0.39 is 0 Å². The summed E-state index contributed by atoms with van der Waals surface area (Å²) in [6.07, 6.45) is 0. The second kappa shape index (κ2) is 8.07. The minimum Gasteiger partial charge on any atom is -0.496 e. The summed E-state index contributed by atoms with van der Waals surface area (Å²) in [7, 11) is 1.63. The molecule has 1 heterocycles. The van der Waals surface area contributed by atoms with Gasteiger partial charge in [-0.25, -0.2) is 4.98 Å². The van der Waals surface area contributed by atoms with Gasteiger partial charge in [0.15, 0.2) is 5.16 Å². The van der Waals surface area contributed by atoms with Gasteiger partial charge in [0, 0.05) is 18.7 Å². The van der Waals surface area contributed by atoms with Crippen LogP contribution in [0.25, 0.3) is 11.0 Å². The molecular weight excluding hydrogens is 334 g/mol. The van der Waals surface area contributed by atoms with Gasteiger partial charge in [0.1, 0.15) is 5.75 Å². The molecule has 5 nitrogen and oxygen atoms in total. The Morgan fingerprint density at radius 2 is 1.96 bits per heavy atom. The molecule has 0 aliphatic heterocycles. The fourth-order valence-electron chi connectivity index (χ4n) is 2.69. The van der Waals surface area contributed by atoms with E-state index in [1.54, 1.807) is 7.11 Å². The van der Waals surface area contributed by atoms with Crippen molar-refractivity contribution >= 4 is 28.7 Å². The van der Waals surface area contributed by atoms with Crippen molar-refractivity contribution in [2.75, 3.05) is 12.9 Å². The van der Waals surface area contributed by atoms with Crippen molar-refractivity contribution in [1.82, 2.24) is 14.9 Å². The normalized spacial score (nSPS) is 10.8. The average molecular weight is 355 g/mol. The van der Waals surface area contributed by atoms with E-state index in [9.17, 15) is 4.79 Å². The van der Waals surface area contributed by atoms with E-state index in [0.29, 0.717) is 12.3 Å². The van der Waals surface area contributed by atoms with Gasteiger partial charge in [0.25, 0.3) is 0 Å². The standard InChI is InChI=1S/C19H21N3O2S/c1-3-22-16-10-6-5-9-15(16)21-19(22)25-13-18(23)20-12-14-8-4-7-11-17(14)24-2/h4-11H,3,12-13H2,1-2H3,(H,20,23). The molecule has 3 aromatic rings. The highest BCUT2D eigenvalue weighted by atomic mass is 32.2. The summed E-state index contributed by atoms with van der Waals surface area (Å²) in [6.45, 7) is 3.36. The van der Waals surface area contributed by atoms with Crippen LogP contribution in [0.15, 0.2) is 53.7 Å². The number of para-hydroxylation sites is 3. The lowest BCUT2D eigenvalue weighted by atomic mass is 10.2. The largest absolute Gasteiger partial charge is 0.496 e. The molecule has 0 saturated carbocycles. The van der Waals surface area contributed by atoms with Crippen molar-refractivity contribution < 1.29 is 9.53 Å². The molecule has 0 aliphatic carbocycles. The molecule has 25 heavy (non-hydrogen) atoms. The van der Waals surface area contributed by atoms with Crippen molar-refractivity contribution in [3.63, 3.8) is 0 Å². The smallest absolute Gasteiger partial charge is 0.230 e. The first kappa shape index (κ1) is 17.4. The number of nitrogens with zero attached hydrogens (tertiary/aromatic N) is 2. The van der Waals surface area contributed by atoms with Crippen LogP contribution in [0.5, 0.6) is 5.75 Å². The lowest BCUT2D eigenvalue weighted by Gasteiger charge is -2.09. The molecule has 0 aliphatic rings. The molecule has 0 unspecified atom stereocenters. The topological polar surface area (TPSA) is 56.2 Å². The predicted molar refractivity (Wildman–Crippen MR) is 101 cm³/mol. The summed E-state index contributed by atoms with van der Waals surface area (Å²) in [5, 5.41) is 3.81. The minimum absolute atomic E-state index is 0.0226. The Bertz CT molecular complexity index is 876. The van der Waals surface area contributed by atoms with E-state index in [2.05, 4.69) is 27.9 Å². The van der Waals surface area contributed by atoms with E-state index in [1.165, 1.54) is 11.8 Å². The lowest BCUT2D eigenvalue weighted by Crippen LogP contribution is -2.25. The molecule has 0 radical (unpaired) electrons. The van der Waals surface area contributed by atoms with E-state index in [4.69, 9.17) is 4.74 Å². The van der Waals surface area contributed by atoms with Crippen LogP contribution in [0, 0.1) is 0 Å². The Hall–Kier alpha value is -2.47. The number of amides is 1. The monoisotopic (exact) mass is 355 g/mol. The van der Waals surface area contributed by atoms with E-state index in [0.717, 1.165) is 34.0 Å². The van der Waals surface area contributed by atoms with Gasteiger partial charge in [-0.1, -0.05) is 42.1 Å². The first-order chi connectivity index (χ1) is 12.2.